The minimum absolute atomic E-state index is 0. The van der Waals surface area contributed by atoms with Gasteiger partial charge < -0.3 is 0 Å². The molecule has 0 fully saturated rings. The van der Waals surface area contributed by atoms with Gasteiger partial charge in [-0.1, -0.05) is 0 Å². The molecule has 0 saturated heterocycles. The predicted molar refractivity (Wildman–Crippen MR) is 19.9 cm³/mol. The molecule has 0 heterocycles. The fraction of sp³-hybridized carbons (Fsp3) is 0. The molecule has 0 aromatic rings. The molecule has 0 nitrogen and oxygen atoms in total. The molecule has 0 rings (SSSR count). The minimum atomic E-state index is 0. The summed E-state index contributed by atoms with van der Waals surface area (Å²) >= 11 is 0. The van der Waals surface area contributed by atoms with E-state index in [-0.39, 0.29) is 147 Å². The number of hydrogen-bond acceptors (Lipinski definition) is 0. The molecular formula is H6Al2Au5. The van der Waals surface area contributed by atoms with Gasteiger partial charge in [0.05, 0.1) is 0 Å². The predicted octanol–water partition coefficient (Wildman–Crippen LogP) is -2.38. The SMILES string of the molecule is [AlH3].[AlH3].[Au].[Au].[Au].[Au].[Au]. The van der Waals surface area contributed by atoms with Gasteiger partial charge in [0.15, 0.2) is 34.7 Å². The van der Waals surface area contributed by atoms with E-state index in [9.17, 15) is 0 Å². The van der Waals surface area contributed by atoms with Crippen LogP contribution in [0, 0.1) is 0 Å². The smallest absolute Gasteiger partial charge is 0 e. The molecule has 7 heteroatoms. The molecule has 0 aromatic carbocycles. The first-order chi connectivity index (χ1) is 0. The van der Waals surface area contributed by atoms with Crippen LogP contribution in [0.5, 0.6) is 0 Å². The van der Waals surface area contributed by atoms with Crippen LogP contribution in [-0.2, 0) is 112 Å². The van der Waals surface area contributed by atoms with E-state index >= 15 is 0 Å². The normalized spacial score (nSPS) is 0. The summed E-state index contributed by atoms with van der Waals surface area (Å²) in [5.41, 5.74) is 0. The molecule has 0 aliphatic heterocycles. The van der Waals surface area contributed by atoms with Gasteiger partial charge in [0, 0.05) is 112 Å². The molecule has 0 aromatic heterocycles. The van der Waals surface area contributed by atoms with E-state index in [4.69, 9.17) is 0 Å². The molecule has 0 aliphatic carbocycles. The summed E-state index contributed by atoms with van der Waals surface area (Å²) in [6.07, 6.45) is 0. The zero-order chi connectivity index (χ0) is 0. The van der Waals surface area contributed by atoms with Crippen LogP contribution >= 0.6 is 0 Å². The first kappa shape index (κ1) is 60.0. The van der Waals surface area contributed by atoms with Crippen molar-refractivity contribution in [3.8, 4) is 0 Å². The number of rotatable bonds is 0. The third-order valence-corrected chi connectivity index (χ3v) is 0. The molecular weight excluding hydrogens is 1040 g/mol. The Kier molecular flexibility index (Phi) is 388. The Labute approximate surface area is 143 Å². The van der Waals surface area contributed by atoms with E-state index in [0.717, 1.165) is 0 Å². The Morgan fingerprint density at radius 1 is 0.286 bits per heavy atom. The van der Waals surface area contributed by atoms with Crippen molar-refractivity contribution < 1.29 is 112 Å². The maximum Gasteiger partial charge on any atom is 0.187 e. The molecule has 0 aliphatic rings. The van der Waals surface area contributed by atoms with Crippen LogP contribution in [0.15, 0.2) is 0 Å². The van der Waals surface area contributed by atoms with Gasteiger partial charge in [-0.15, -0.1) is 0 Å². The van der Waals surface area contributed by atoms with Crippen LogP contribution in [0.1, 0.15) is 0 Å². The largest absolute Gasteiger partial charge is 0.187 e. The summed E-state index contributed by atoms with van der Waals surface area (Å²) in [4.78, 5) is 0. The summed E-state index contributed by atoms with van der Waals surface area (Å²) < 4.78 is 0. The van der Waals surface area contributed by atoms with E-state index in [1.165, 1.54) is 0 Å². The molecule has 7 heavy (non-hydrogen) atoms. The van der Waals surface area contributed by atoms with E-state index < -0.39 is 0 Å². The Balaban J connectivity index is 0. The molecule has 0 amide bonds. The van der Waals surface area contributed by atoms with Gasteiger partial charge in [-0.05, 0) is 0 Å². The average molecular weight is 1040 g/mol. The second-order valence-corrected chi connectivity index (χ2v) is 0. The zero-order valence-electron chi connectivity index (χ0n) is 1.51. The second-order valence-electron chi connectivity index (χ2n) is 0. The zero-order valence-corrected chi connectivity index (χ0v) is 12.3. The van der Waals surface area contributed by atoms with Gasteiger partial charge in [-0.2, -0.15) is 0 Å². The Hall–Kier alpha value is 4.77. The van der Waals surface area contributed by atoms with Crippen molar-refractivity contribution in [1.82, 2.24) is 0 Å². The summed E-state index contributed by atoms with van der Waals surface area (Å²) in [5, 5.41) is 0. The minimum Gasteiger partial charge on any atom is 0 e. The molecule has 0 unspecified atom stereocenters. The van der Waals surface area contributed by atoms with Crippen molar-refractivity contribution in [2.75, 3.05) is 0 Å². The topological polar surface area (TPSA) is 0 Å². The molecule has 0 saturated carbocycles. The van der Waals surface area contributed by atoms with Gasteiger partial charge in [-0.3, -0.25) is 0 Å². The van der Waals surface area contributed by atoms with Crippen LogP contribution in [-0.4, -0.2) is 34.7 Å². The molecule has 0 spiro atoms. The molecule has 0 N–H and O–H groups in total. The maximum absolute atomic E-state index is 0. The van der Waals surface area contributed by atoms with Crippen LogP contribution < -0.4 is 0 Å². The second kappa shape index (κ2) is 45.2. The molecule has 0 atom stereocenters. The first-order valence-electron chi connectivity index (χ1n) is 0. The van der Waals surface area contributed by atoms with Crippen molar-refractivity contribution in [2.45, 2.75) is 0 Å². The van der Waals surface area contributed by atoms with Crippen molar-refractivity contribution in [2.24, 2.45) is 0 Å². The van der Waals surface area contributed by atoms with Crippen LogP contribution in [0.3, 0.4) is 0 Å². The summed E-state index contributed by atoms with van der Waals surface area (Å²) in [6, 6.07) is 0. The van der Waals surface area contributed by atoms with E-state index in [2.05, 4.69) is 0 Å². The average Bonchev–Trinajstić information content (AvgIpc) is 0. The van der Waals surface area contributed by atoms with Crippen LogP contribution in [0.4, 0.5) is 0 Å². The van der Waals surface area contributed by atoms with Gasteiger partial charge in [0.2, 0.25) is 0 Å². The Bertz CT molecular complexity index is 6.04. The van der Waals surface area contributed by atoms with Crippen LogP contribution in [0.25, 0.3) is 0 Å². The molecule has 0 bridgehead atoms. The summed E-state index contributed by atoms with van der Waals surface area (Å²) in [6.45, 7) is 0. The van der Waals surface area contributed by atoms with E-state index in [1.54, 1.807) is 0 Å². The quantitative estimate of drug-likeness (QED) is 0.239. The standard InChI is InChI=1S/2Al.5Au.6H. The Morgan fingerprint density at radius 3 is 0.286 bits per heavy atom. The molecule has 5 radical (unpaired) electrons. The third-order valence-electron chi connectivity index (χ3n) is 0. The van der Waals surface area contributed by atoms with Crippen molar-refractivity contribution in [3.63, 3.8) is 0 Å². The van der Waals surface area contributed by atoms with Crippen LogP contribution in [0.2, 0.25) is 0 Å². The molecule has 67 valence electrons. The fourth-order valence-corrected chi connectivity index (χ4v) is 0. The maximum atomic E-state index is 0. The van der Waals surface area contributed by atoms with Gasteiger partial charge >= 0.3 is 0 Å². The van der Waals surface area contributed by atoms with Crippen molar-refractivity contribution in [3.05, 3.63) is 0 Å². The van der Waals surface area contributed by atoms with Gasteiger partial charge in [-0.25, -0.2) is 0 Å². The summed E-state index contributed by atoms with van der Waals surface area (Å²) in [7, 11) is 0. The van der Waals surface area contributed by atoms with Crippen molar-refractivity contribution >= 4 is 34.7 Å². The van der Waals surface area contributed by atoms with Gasteiger partial charge in [0.1, 0.15) is 0 Å². The first-order valence-corrected chi connectivity index (χ1v) is 0. The summed E-state index contributed by atoms with van der Waals surface area (Å²) in [5.74, 6) is 0. The van der Waals surface area contributed by atoms with E-state index in [0.29, 0.717) is 0 Å². The van der Waals surface area contributed by atoms with E-state index in [1.807, 2.05) is 0 Å². The van der Waals surface area contributed by atoms with Crippen molar-refractivity contribution in [1.29, 1.82) is 0 Å². The third kappa shape index (κ3) is 36.4. The fourth-order valence-electron chi connectivity index (χ4n) is 0. The number of hydrogen-bond donors (Lipinski definition) is 0. The van der Waals surface area contributed by atoms with Gasteiger partial charge in [0.25, 0.3) is 0 Å². The Morgan fingerprint density at radius 2 is 0.286 bits per heavy atom. The monoisotopic (exact) mass is 1040 g/mol.